The Bertz CT molecular complexity index is 1000. The Morgan fingerprint density at radius 1 is 1.08 bits per heavy atom. The minimum Gasteiger partial charge on any atom is -0.366 e. The summed E-state index contributed by atoms with van der Waals surface area (Å²) in [7, 11) is 0. The van der Waals surface area contributed by atoms with Crippen molar-refractivity contribution >= 4 is 33.9 Å². The molecular formula is C16H13N7O3. The fourth-order valence-corrected chi connectivity index (χ4v) is 3.05. The topological polar surface area (TPSA) is 106 Å². The number of nitro groups is 1. The molecule has 1 aliphatic heterocycles. The number of non-ortho nitro benzene ring substituents is 1. The number of nitrogens with zero attached hydrogens (tertiary/aromatic N) is 7. The van der Waals surface area contributed by atoms with Crippen LogP contribution in [0.1, 0.15) is 0 Å². The van der Waals surface area contributed by atoms with Crippen LogP contribution in [-0.4, -0.2) is 46.4 Å². The summed E-state index contributed by atoms with van der Waals surface area (Å²) in [5, 5.41) is 18.6. The molecule has 1 aliphatic rings. The molecule has 0 bridgehead atoms. The van der Waals surface area contributed by atoms with Crippen LogP contribution in [-0.2, 0) is 0 Å². The Labute approximate surface area is 147 Å². The first kappa shape index (κ1) is 15.8. The van der Waals surface area contributed by atoms with Crippen LogP contribution in [0.5, 0.6) is 0 Å². The summed E-state index contributed by atoms with van der Waals surface area (Å²) in [5.74, 6) is 0.828. The van der Waals surface area contributed by atoms with E-state index < -0.39 is 4.92 Å². The van der Waals surface area contributed by atoms with Crippen LogP contribution < -0.4 is 9.80 Å². The molecular weight excluding hydrogens is 338 g/mol. The fourth-order valence-electron chi connectivity index (χ4n) is 3.05. The van der Waals surface area contributed by atoms with Gasteiger partial charge in [-0.3, -0.25) is 15.1 Å². The van der Waals surface area contributed by atoms with E-state index in [9.17, 15) is 10.1 Å². The molecule has 130 valence electrons. The maximum atomic E-state index is 11.1. The SMILES string of the molecule is [C-]#[N+]c1ccc(N2CCN(c3ccc([N+](=O)[O-])c4nonc34)CC2)nc1. The molecule has 0 radical (unpaired) electrons. The number of fused-ring (bicyclic) bond motifs is 1. The van der Waals surface area contributed by atoms with Gasteiger partial charge in [0.05, 0.1) is 17.2 Å². The zero-order valence-corrected chi connectivity index (χ0v) is 13.6. The molecule has 0 N–H and O–H groups in total. The number of hydrogen-bond acceptors (Lipinski definition) is 8. The van der Waals surface area contributed by atoms with Gasteiger partial charge in [-0.15, -0.1) is 0 Å². The highest BCUT2D eigenvalue weighted by Crippen LogP contribution is 2.32. The van der Waals surface area contributed by atoms with Gasteiger partial charge < -0.3 is 9.80 Å². The van der Waals surface area contributed by atoms with Gasteiger partial charge in [0, 0.05) is 38.4 Å². The van der Waals surface area contributed by atoms with E-state index in [0.717, 1.165) is 24.6 Å². The highest BCUT2D eigenvalue weighted by Gasteiger charge is 2.25. The Balaban J connectivity index is 1.54. The van der Waals surface area contributed by atoms with Crippen LogP contribution in [0, 0.1) is 16.7 Å². The van der Waals surface area contributed by atoms with Crippen molar-refractivity contribution in [1.82, 2.24) is 15.3 Å². The molecule has 10 nitrogen and oxygen atoms in total. The van der Waals surface area contributed by atoms with Crippen LogP contribution in [0.2, 0.25) is 0 Å². The third-order valence-corrected chi connectivity index (χ3v) is 4.38. The largest absolute Gasteiger partial charge is 0.366 e. The standard InChI is InChI=1S/C16H13N7O3/c1-17-11-2-5-14(18-10-11)22-8-6-21(7-9-22)12-3-4-13(23(24)25)16-15(12)19-26-20-16/h2-5,10H,6-9H2. The minimum absolute atomic E-state index is 0.118. The summed E-state index contributed by atoms with van der Waals surface area (Å²) in [6, 6.07) is 6.71. The molecule has 10 heteroatoms. The molecule has 2 aromatic heterocycles. The molecule has 1 fully saturated rings. The third-order valence-electron chi connectivity index (χ3n) is 4.38. The van der Waals surface area contributed by atoms with Crippen molar-refractivity contribution in [1.29, 1.82) is 0 Å². The lowest BCUT2D eigenvalue weighted by Gasteiger charge is -2.36. The molecule has 3 aromatic rings. The Kier molecular flexibility index (Phi) is 3.81. The first-order chi connectivity index (χ1) is 12.7. The normalized spacial score (nSPS) is 14.4. The van der Waals surface area contributed by atoms with E-state index in [0.29, 0.717) is 24.3 Å². The van der Waals surface area contributed by atoms with E-state index in [4.69, 9.17) is 11.2 Å². The first-order valence-electron chi connectivity index (χ1n) is 7.90. The number of pyridine rings is 1. The Hall–Kier alpha value is -3.74. The fraction of sp³-hybridized carbons (Fsp3) is 0.250. The number of benzene rings is 1. The number of nitro benzene ring substituents is 1. The lowest BCUT2D eigenvalue weighted by atomic mass is 10.2. The quantitative estimate of drug-likeness (QED) is 0.402. The molecule has 0 aliphatic carbocycles. The van der Waals surface area contributed by atoms with Crippen LogP contribution >= 0.6 is 0 Å². The summed E-state index contributed by atoms with van der Waals surface area (Å²) < 4.78 is 4.72. The highest BCUT2D eigenvalue weighted by molar-refractivity contribution is 5.93. The summed E-state index contributed by atoms with van der Waals surface area (Å²) in [4.78, 5) is 22.5. The van der Waals surface area contributed by atoms with Crippen molar-refractivity contribution in [2.24, 2.45) is 0 Å². The van der Waals surface area contributed by atoms with Crippen LogP contribution in [0.3, 0.4) is 0 Å². The molecule has 3 heterocycles. The van der Waals surface area contributed by atoms with Gasteiger partial charge in [-0.2, -0.15) is 0 Å². The van der Waals surface area contributed by atoms with E-state index in [1.54, 1.807) is 18.3 Å². The maximum Gasteiger partial charge on any atom is 0.300 e. The monoisotopic (exact) mass is 351 g/mol. The van der Waals surface area contributed by atoms with Crippen LogP contribution in [0.25, 0.3) is 15.9 Å². The number of anilines is 2. The zero-order valence-electron chi connectivity index (χ0n) is 13.6. The number of rotatable bonds is 3. The Morgan fingerprint density at radius 2 is 1.81 bits per heavy atom. The van der Waals surface area contributed by atoms with Crippen molar-refractivity contribution in [2.45, 2.75) is 0 Å². The second-order valence-electron chi connectivity index (χ2n) is 5.78. The zero-order chi connectivity index (χ0) is 18.1. The molecule has 26 heavy (non-hydrogen) atoms. The van der Waals surface area contributed by atoms with E-state index in [1.165, 1.54) is 6.07 Å². The molecule has 0 unspecified atom stereocenters. The lowest BCUT2D eigenvalue weighted by Crippen LogP contribution is -2.46. The number of hydrogen-bond donors (Lipinski definition) is 0. The summed E-state index contributed by atoms with van der Waals surface area (Å²) in [5.41, 5.74) is 1.72. The predicted molar refractivity (Wildman–Crippen MR) is 93.4 cm³/mol. The highest BCUT2D eigenvalue weighted by atomic mass is 16.6. The van der Waals surface area contributed by atoms with Crippen molar-refractivity contribution in [3.8, 4) is 0 Å². The lowest BCUT2D eigenvalue weighted by molar-refractivity contribution is -0.383. The van der Waals surface area contributed by atoms with E-state index in [2.05, 4.69) is 29.9 Å². The van der Waals surface area contributed by atoms with E-state index in [1.807, 2.05) is 6.07 Å². The molecule has 0 atom stereocenters. The second-order valence-corrected chi connectivity index (χ2v) is 5.78. The van der Waals surface area contributed by atoms with E-state index in [-0.39, 0.29) is 11.2 Å². The minimum atomic E-state index is -0.493. The van der Waals surface area contributed by atoms with Gasteiger partial charge in [-0.05, 0) is 22.4 Å². The van der Waals surface area contributed by atoms with E-state index >= 15 is 0 Å². The molecule has 1 saturated heterocycles. The van der Waals surface area contributed by atoms with Crippen molar-refractivity contribution in [3.05, 3.63) is 52.0 Å². The Morgan fingerprint density at radius 3 is 2.46 bits per heavy atom. The van der Waals surface area contributed by atoms with Gasteiger partial charge >= 0.3 is 5.69 Å². The molecule has 4 rings (SSSR count). The molecule has 0 spiro atoms. The maximum absolute atomic E-state index is 11.1. The molecule has 0 amide bonds. The van der Waals surface area contributed by atoms with Crippen LogP contribution in [0.15, 0.2) is 35.1 Å². The second kappa shape index (κ2) is 6.29. The van der Waals surface area contributed by atoms with Gasteiger partial charge in [0.2, 0.25) is 11.2 Å². The van der Waals surface area contributed by atoms with Crippen molar-refractivity contribution in [2.75, 3.05) is 36.0 Å². The molecule has 0 saturated carbocycles. The number of piperazine rings is 1. The predicted octanol–water partition coefficient (Wildman–Crippen LogP) is 2.40. The van der Waals surface area contributed by atoms with Crippen molar-refractivity contribution in [3.63, 3.8) is 0 Å². The summed E-state index contributed by atoms with van der Waals surface area (Å²) in [6.45, 7) is 9.84. The van der Waals surface area contributed by atoms with Gasteiger partial charge in [0.15, 0.2) is 5.52 Å². The third kappa shape index (κ3) is 2.65. The van der Waals surface area contributed by atoms with Crippen molar-refractivity contribution < 1.29 is 9.55 Å². The van der Waals surface area contributed by atoms with Gasteiger partial charge in [0.1, 0.15) is 5.82 Å². The van der Waals surface area contributed by atoms with Gasteiger partial charge in [-0.1, -0.05) is 6.07 Å². The first-order valence-corrected chi connectivity index (χ1v) is 7.90. The number of aromatic nitrogens is 3. The average molecular weight is 351 g/mol. The summed E-state index contributed by atoms with van der Waals surface area (Å²) >= 11 is 0. The molecule has 1 aromatic carbocycles. The van der Waals surface area contributed by atoms with Crippen LogP contribution in [0.4, 0.5) is 22.9 Å². The average Bonchev–Trinajstić information content (AvgIpc) is 3.17. The van der Waals surface area contributed by atoms with Gasteiger partial charge in [0.25, 0.3) is 0 Å². The summed E-state index contributed by atoms with van der Waals surface area (Å²) in [6.07, 6.45) is 1.57. The smallest absolute Gasteiger partial charge is 0.300 e. The van der Waals surface area contributed by atoms with Gasteiger partial charge in [-0.25, -0.2) is 9.47 Å².